The number of nitrogens with one attached hydrogen (secondary N) is 2. The SMILES string of the molecule is O=C(O)N[C@@H]1CCC[C@H](C(=O)Nc2cc(-c3cnn4c3CCCC4)c(F)cn2)C1. The average Bonchev–Trinajstić information content (AvgIpc) is 3.13. The standard InChI is InChI=1S/C20H24FN5O3/c21-16-11-22-18(9-14(16)15-10-23-26-7-2-1-6-17(15)26)25-19(27)12-4-3-5-13(8-12)24-20(28)29/h9-13,24H,1-8H2,(H,28,29)(H,22,25,27)/t12-,13+/m0/s1. The summed E-state index contributed by atoms with van der Waals surface area (Å²) < 4.78 is 16.4. The van der Waals surface area contributed by atoms with Crippen LogP contribution in [0.25, 0.3) is 11.1 Å². The van der Waals surface area contributed by atoms with Crippen LogP contribution in [0.4, 0.5) is 15.0 Å². The van der Waals surface area contributed by atoms with Gasteiger partial charge in [0.2, 0.25) is 5.91 Å². The van der Waals surface area contributed by atoms with E-state index in [2.05, 4.69) is 20.7 Å². The summed E-state index contributed by atoms with van der Waals surface area (Å²) >= 11 is 0. The van der Waals surface area contributed by atoms with Gasteiger partial charge in [0.05, 0.1) is 12.4 Å². The quantitative estimate of drug-likeness (QED) is 0.729. The molecule has 1 fully saturated rings. The molecule has 2 atom stereocenters. The van der Waals surface area contributed by atoms with Crippen molar-refractivity contribution in [3.05, 3.63) is 30.0 Å². The maximum absolute atomic E-state index is 14.5. The van der Waals surface area contributed by atoms with Gasteiger partial charge in [0.15, 0.2) is 0 Å². The molecule has 9 heteroatoms. The fourth-order valence-corrected chi connectivity index (χ4v) is 4.32. The Balaban J connectivity index is 1.50. The molecule has 3 N–H and O–H groups in total. The van der Waals surface area contributed by atoms with E-state index in [1.807, 2.05) is 4.68 Å². The number of aryl methyl sites for hydroxylation is 1. The molecular formula is C20H24FN5O3. The molecule has 1 aliphatic carbocycles. The predicted molar refractivity (Wildman–Crippen MR) is 104 cm³/mol. The van der Waals surface area contributed by atoms with E-state index < -0.39 is 11.9 Å². The summed E-state index contributed by atoms with van der Waals surface area (Å²) in [6.07, 6.45) is 7.30. The fourth-order valence-electron chi connectivity index (χ4n) is 4.32. The van der Waals surface area contributed by atoms with E-state index >= 15 is 0 Å². The van der Waals surface area contributed by atoms with Crippen LogP contribution in [0.3, 0.4) is 0 Å². The van der Waals surface area contributed by atoms with Crippen molar-refractivity contribution < 1.29 is 19.1 Å². The molecule has 2 aliphatic rings. The van der Waals surface area contributed by atoms with E-state index in [-0.39, 0.29) is 23.7 Å². The number of hydrogen-bond acceptors (Lipinski definition) is 4. The molecule has 2 aromatic rings. The average molecular weight is 401 g/mol. The van der Waals surface area contributed by atoms with Crippen LogP contribution >= 0.6 is 0 Å². The van der Waals surface area contributed by atoms with Crippen LogP contribution in [0.2, 0.25) is 0 Å². The zero-order chi connectivity index (χ0) is 20.4. The molecule has 154 valence electrons. The lowest BCUT2D eigenvalue weighted by molar-refractivity contribution is -0.121. The molecule has 4 rings (SSSR count). The van der Waals surface area contributed by atoms with Crippen molar-refractivity contribution in [1.29, 1.82) is 0 Å². The van der Waals surface area contributed by atoms with Gasteiger partial charge in [-0.2, -0.15) is 5.10 Å². The molecule has 0 radical (unpaired) electrons. The monoisotopic (exact) mass is 401 g/mol. The first-order valence-electron chi connectivity index (χ1n) is 10.0. The Labute approximate surface area is 167 Å². The van der Waals surface area contributed by atoms with Gasteiger partial charge < -0.3 is 15.7 Å². The van der Waals surface area contributed by atoms with Crippen LogP contribution < -0.4 is 10.6 Å². The largest absolute Gasteiger partial charge is 0.465 e. The van der Waals surface area contributed by atoms with Crippen LogP contribution in [-0.4, -0.2) is 37.9 Å². The van der Waals surface area contributed by atoms with E-state index in [9.17, 15) is 14.0 Å². The third-order valence-electron chi connectivity index (χ3n) is 5.75. The summed E-state index contributed by atoms with van der Waals surface area (Å²) in [6, 6.07) is 1.32. The highest BCUT2D eigenvalue weighted by molar-refractivity contribution is 5.92. The number of anilines is 1. The third kappa shape index (κ3) is 4.23. The Morgan fingerprint density at radius 3 is 2.86 bits per heavy atom. The van der Waals surface area contributed by atoms with Gasteiger partial charge in [-0.05, 0) is 44.6 Å². The zero-order valence-electron chi connectivity index (χ0n) is 16.0. The summed E-state index contributed by atoms with van der Waals surface area (Å²) in [5.41, 5.74) is 2.13. The number of carbonyl (C=O) groups is 2. The van der Waals surface area contributed by atoms with Gasteiger partial charge in [-0.3, -0.25) is 9.48 Å². The molecule has 0 spiro atoms. The molecule has 2 amide bonds. The highest BCUT2D eigenvalue weighted by Crippen LogP contribution is 2.31. The molecule has 8 nitrogen and oxygen atoms in total. The Morgan fingerprint density at radius 2 is 2.03 bits per heavy atom. The zero-order valence-corrected chi connectivity index (χ0v) is 16.0. The molecule has 0 saturated heterocycles. The van der Waals surface area contributed by atoms with Gasteiger partial charge >= 0.3 is 6.09 Å². The second-order valence-corrected chi connectivity index (χ2v) is 7.73. The number of hydrogen-bond donors (Lipinski definition) is 3. The molecule has 2 aromatic heterocycles. The minimum atomic E-state index is -1.08. The van der Waals surface area contributed by atoms with E-state index in [1.54, 1.807) is 12.3 Å². The molecule has 29 heavy (non-hydrogen) atoms. The molecule has 1 saturated carbocycles. The molecule has 0 unspecified atom stereocenters. The second-order valence-electron chi connectivity index (χ2n) is 7.73. The number of carboxylic acid groups (broad SMARTS) is 1. The van der Waals surface area contributed by atoms with Gasteiger partial charge in [0, 0.05) is 35.3 Å². The van der Waals surface area contributed by atoms with E-state index in [0.717, 1.165) is 56.1 Å². The molecule has 3 heterocycles. The maximum Gasteiger partial charge on any atom is 0.404 e. The van der Waals surface area contributed by atoms with Crippen molar-refractivity contribution in [1.82, 2.24) is 20.1 Å². The third-order valence-corrected chi connectivity index (χ3v) is 5.75. The first kappa shape index (κ1) is 19.4. The topological polar surface area (TPSA) is 109 Å². The van der Waals surface area contributed by atoms with Crippen molar-refractivity contribution in [2.75, 3.05) is 5.32 Å². The maximum atomic E-state index is 14.5. The lowest BCUT2D eigenvalue weighted by atomic mass is 9.85. The number of fused-ring (bicyclic) bond motifs is 1. The minimum Gasteiger partial charge on any atom is -0.465 e. The summed E-state index contributed by atoms with van der Waals surface area (Å²) in [6.45, 7) is 0.832. The number of carbonyl (C=O) groups excluding carboxylic acids is 1. The highest BCUT2D eigenvalue weighted by Gasteiger charge is 2.28. The number of halogens is 1. The van der Waals surface area contributed by atoms with Crippen LogP contribution in [0.5, 0.6) is 0 Å². The van der Waals surface area contributed by atoms with E-state index in [4.69, 9.17) is 5.11 Å². The summed E-state index contributed by atoms with van der Waals surface area (Å²) in [7, 11) is 0. The Bertz CT molecular complexity index is 929. The lowest BCUT2D eigenvalue weighted by Gasteiger charge is -2.28. The number of pyridine rings is 1. The van der Waals surface area contributed by atoms with Crippen molar-refractivity contribution >= 4 is 17.8 Å². The normalized spacial score (nSPS) is 21.3. The number of rotatable bonds is 4. The van der Waals surface area contributed by atoms with Crippen LogP contribution in [0.1, 0.15) is 44.2 Å². The number of aromatic nitrogens is 3. The predicted octanol–water partition coefficient (Wildman–Crippen LogP) is 3.19. The van der Waals surface area contributed by atoms with Gasteiger partial charge in [0.1, 0.15) is 11.6 Å². The smallest absolute Gasteiger partial charge is 0.404 e. The van der Waals surface area contributed by atoms with E-state index in [0.29, 0.717) is 18.4 Å². The van der Waals surface area contributed by atoms with Gasteiger partial charge in [-0.25, -0.2) is 14.2 Å². The van der Waals surface area contributed by atoms with Crippen LogP contribution in [-0.2, 0) is 17.8 Å². The van der Waals surface area contributed by atoms with Crippen molar-refractivity contribution in [2.24, 2.45) is 5.92 Å². The van der Waals surface area contributed by atoms with Crippen molar-refractivity contribution in [3.63, 3.8) is 0 Å². The molecular weight excluding hydrogens is 377 g/mol. The summed E-state index contributed by atoms with van der Waals surface area (Å²) in [5, 5.41) is 18.5. The lowest BCUT2D eigenvalue weighted by Crippen LogP contribution is -2.40. The Morgan fingerprint density at radius 1 is 1.17 bits per heavy atom. The van der Waals surface area contributed by atoms with Gasteiger partial charge in [-0.15, -0.1) is 0 Å². The van der Waals surface area contributed by atoms with E-state index in [1.165, 1.54) is 0 Å². The molecule has 0 aromatic carbocycles. The summed E-state index contributed by atoms with van der Waals surface area (Å²) in [5.74, 6) is -0.688. The number of amides is 2. The first-order valence-corrected chi connectivity index (χ1v) is 10.0. The number of nitrogens with zero attached hydrogens (tertiary/aromatic N) is 3. The van der Waals surface area contributed by atoms with Crippen LogP contribution in [0, 0.1) is 11.7 Å². The second kappa shape index (κ2) is 8.18. The first-order chi connectivity index (χ1) is 14.0. The van der Waals surface area contributed by atoms with Crippen LogP contribution in [0.15, 0.2) is 18.5 Å². The minimum absolute atomic E-state index is 0.219. The molecule has 1 aliphatic heterocycles. The van der Waals surface area contributed by atoms with Crippen molar-refractivity contribution in [2.45, 2.75) is 57.5 Å². The summed E-state index contributed by atoms with van der Waals surface area (Å²) in [4.78, 5) is 27.6. The fraction of sp³-hybridized carbons (Fsp3) is 0.500. The molecule has 0 bridgehead atoms. The van der Waals surface area contributed by atoms with Gasteiger partial charge in [0.25, 0.3) is 0 Å². The van der Waals surface area contributed by atoms with Crippen molar-refractivity contribution in [3.8, 4) is 11.1 Å². The Kier molecular flexibility index (Phi) is 5.46. The van der Waals surface area contributed by atoms with Gasteiger partial charge in [-0.1, -0.05) is 6.42 Å². The highest BCUT2D eigenvalue weighted by atomic mass is 19.1. The Hall–Kier alpha value is -2.97.